The number of nitrogens with one attached hydrogen (secondary N) is 3. The van der Waals surface area contributed by atoms with E-state index in [1.807, 2.05) is 13.0 Å². The second-order valence-corrected chi connectivity index (χ2v) is 8.59. The summed E-state index contributed by atoms with van der Waals surface area (Å²) < 4.78 is 0. The number of nitrogens with zero attached hydrogens (tertiary/aromatic N) is 2. The van der Waals surface area contributed by atoms with Crippen molar-refractivity contribution in [1.29, 1.82) is 0 Å². The Labute approximate surface area is 185 Å². The van der Waals surface area contributed by atoms with Crippen LogP contribution in [-0.4, -0.2) is 34.4 Å². The molecule has 8 nitrogen and oxygen atoms in total. The standard InChI is InChI=1S/C22H26ClN5O3/c1-3-13-6-4-5-9-28(13)22-26-19-18(21(31)27-22)14(11-17(29)25-19)20(30)24-16-8-7-12(2)10-15(16)23/h7-8,10,13-14H,3-6,9,11H2,1-2H3,(H,24,30)(H2,25,26,27,29,31)/t13-,14-/m1/s1. The van der Waals surface area contributed by atoms with E-state index < -0.39 is 17.4 Å². The van der Waals surface area contributed by atoms with Gasteiger partial charge in [-0.1, -0.05) is 24.6 Å². The van der Waals surface area contributed by atoms with Gasteiger partial charge in [-0.15, -0.1) is 0 Å². The van der Waals surface area contributed by atoms with Crippen LogP contribution in [0.1, 0.15) is 56.1 Å². The molecule has 1 aromatic heterocycles. The summed E-state index contributed by atoms with van der Waals surface area (Å²) in [5.41, 5.74) is 1.16. The Hall–Kier alpha value is -2.87. The van der Waals surface area contributed by atoms with Crippen molar-refractivity contribution in [2.24, 2.45) is 0 Å². The minimum absolute atomic E-state index is 0.131. The van der Waals surface area contributed by atoms with Gasteiger partial charge in [0.1, 0.15) is 5.82 Å². The third-order valence-corrected chi connectivity index (χ3v) is 6.32. The van der Waals surface area contributed by atoms with Gasteiger partial charge < -0.3 is 15.5 Å². The highest BCUT2D eigenvalue weighted by Gasteiger charge is 2.36. The molecule has 164 valence electrons. The molecule has 4 rings (SSSR count). The van der Waals surface area contributed by atoms with Crippen LogP contribution in [-0.2, 0) is 9.59 Å². The van der Waals surface area contributed by atoms with Gasteiger partial charge in [-0.3, -0.25) is 19.4 Å². The van der Waals surface area contributed by atoms with Crippen LogP contribution in [0.3, 0.4) is 0 Å². The van der Waals surface area contributed by atoms with E-state index in [9.17, 15) is 14.4 Å². The second-order valence-electron chi connectivity index (χ2n) is 8.18. The number of aryl methyl sites for hydroxylation is 1. The Morgan fingerprint density at radius 3 is 2.87 bits per heavy atom. The van der Waals surface area contributed by atoms with E-state index in [1.165, 1.54) is 0 Å². The lowest BCUT2D eigenvalue weighted by Crippen LogP contribution is -2.43. The Bertz CT molecular complexity index is 1080. The van der Waals surface area contributed by atoms with E-state index in [2.05, 4.69) is 32.4 Å². The molecule has 2 atom stereocenters. The number of aromatic nitrogens is 2. The normalized spacial score (nSPS) is 20.7. The molecule has 0 unspecified atom stereocenters. The van der Waals surface area contributed by atoms with Gasteiger partial charge in [0.2, 0.25) is 17.8 Å². The molecule has 3 heterocycles. The largest absolute Gasteiger partial charge is 0.339 e. The maximum Gasteiger partial charge on any atom is 0.258 e. The van der Waals surface area contributed by atoms with E-state index in [-0.39, 0.29) is 29.8 Å². The maximum absolute atomic E-state index is 13.0. The number of hydrogen-bond acceptors (Lipinski definition) is 5. The average molecular weight is 444 g/mol. The lowest BCUT2D eigenvalue weighted by Gasteiger charge is -2.36. The zero-order valence-electron chi connectivity index (χ0n) is 17.6. The summed E-state index contributed by atoms with van der Waals surface area (Å²) in [4.78, 5) is 47.9. The predicted molar refractivity (Wildman–Crippen MR) is 121 cm³/mol. The van der Waals surface area contributed by atoms with Crippen molar-refractivity contribution in [3.63, 3.8) is 0 Å². The summed E-state index contributed by atoms with van der Waals surface area (Å²) in [6.45, 7) is 4.80. The fourth-order valence-electron chi connectivity index (χ4n) is 4.36. The van der Waals surface area contributed by atoms with Gasteiger partial charge in [0.25, 0.3) is 5.56 Å². The molecule has 1 fully saturated rings. The fourth-order valence-corrected chi connectivity index (χ4v) is 4.65. The van der Waals surface area contributed by atoms with E-state index in [4.69, 9.17) is 11.6 Å². The molecule has 1 aromatic carbocycles. The summed E-state index contributed by atoms with van der Waals surface area (Å²) in [6, 6.07) is 5.55. The van der Waals surface area contributed by atoms with Crippen LogP contribution in [0, 0.1) is 6.92 Å². The molecule has 1 saturated heterocycles. The number of H-pyrrole nitrogens is 1. The van der Waals surface area contributed by atoms with Crippen molar-refractivity contribution in [1.82, 2.24) is 9.97 Å². The number of anilines is 3. The zero-order chi connectivity index (χ0) is 22.1. The molecule has 0 saturated carbocycles. The molecular weight excluding hydrogens is 418 g/mol. The zero-order valence-corrected chi connectivity index (χ0v) is 18.4. The van der Waals surface area contributed by atoms with Crippen molar-refractivity contribution >= 4 is 40.9 Å². The Morgan fingerprint density at radius 1 is 1.32 bits per heavy atom. The molecule has 2 amide bonds. The number of aromatic amines is 1. The fraction of sp³-hybridized carbons (Fsp3) is 0.455. The SMILES string of the molecule is CC[C@@H]1CCCCN1c1nc2c(c(=O)[nH]1)[C@H](C(=O)Nc1ccc(C)cc1Cl)CC(=O)N2. The number of amides is 2. The summed E-state index contributed by atoms with van der Waals surface area (Å²) >= 11 is 6.23. The number of hydrogen-bond donors (Lipinski definition) is 3. The van der Waals surface area contributed by atoms with Crippen LogP contribution in [0.2, 0.25) is 5.02 Å². The minimum Gasteiger partial charge on any atom is -0.339 e. The third-order valence-electron chi connectivity index (χ3n) is 6.01. The van der Waals surface area contributed by atoms with Crippen LogP contribution in [0.25, 0.3) is 0 Å². The molecule has 31 heavy (non-hydrogen) atoms. The molecule has 2 aliphatic rings. The Balaban J connectivity index is 1.66. The number of fused-ring (bicyclic) bond motifs is 1. The molecule has 0 radical (unpaired) electrons. The molecule has 2 aromatic rings. The summed E-state index contributed by atoms with van der Waals surface area (Å²) in [6.07, 6.45) is 4.01. The molecule has 3 N–H and O–H groups in total. The summed E-state index contributed by atoms with van der Waals surface area (Å²) in [7, 11) is 0. The molecule has 2 aliphatic heterocycles. The Morgan fingerprint density at radius 2 is 2.13 bits per heavy atom. The number of benzene rings is 1. The van der Waals surface area contributed by atoms with Crippen LogP contribution >= 0.6 is 11.6 Å². The van der Waals surface area contributed by atoms with Crippen molar-refractivity contribution in [3.8, 4) is 0 Å². The van der Waals surface area contributed by atoms with Gasteiger partial charge in [0, 0.05) is 19.0 Å². The van der Waals surface area contributed by atoms with Gasteiger partial charge in [-0.2, -0.15) is 4.98 Å². The van der Waals surface area contributed by atoms with Crippen LogP contribution < -0.4 is 21.1 Å². The lowest BCUT2D eigenvalue weighted by molar-refractivity contribution is -0.123. The number of halogens is 1. The minimum atomic E-state index is -0.949. The van der Waals surface area contributed by atoms with E-state index >= 15 is 0 Å². The van der Waals surface area contributed by atoms with Gasteiger partial charge in [-0.05, 0) is 50.3 Å². The highest BCUT2D eigenvalue weighted by Crippen LogP contribution is 2.32. The summed E-state index contributed by atoms with van der Waals surface area (Å²) in [5, 5.41) is 5.82. The van der Waals surface area contributed by atoms with Gasteiger partial charge in [0.05, 0.1) is 22.2 Å². The average Bonchev–Trinajstić information content (AvgIpc) is 2.74. The molecule has 0 bridgehead atoms. The van der Waals surface area contributed by atoms with Crippen molar-refractivity contribution in [2.75, 3.05) is 22.1 Å². The first-order chi connectivity index (χ1) is 14.9. The number of rotatable bonds is 4. The first kappa shape index (κ1) is 21.4. The number of piperidine rings is 1. The highest BCUT2D eigenvalue weighted by atomic mass is 35.5. The number of carbonyl (C=O) groups excluding carboxylic acids is 2. The monoisotopic (exact) mass is 443 g/mol. The quantitative estimate of drug-likeness (QED) is 0.669. The predicted octanol–water partition coefficient (Wildman–Crippen LogP) is 3.57. The van der Waals surface area contributed by atoms with Gasteiger partial charge in [-0.25, -0.2) is 0 Å². The first-order valence-electron chi connectivity index (χ1n) is 10.6. The Kier molecular flexibility index (Phi) is 6.00. The van der Waals surface area contributed by atoms with E-state index in [1.54, 1.807) is 12.1 Å². The smallest absolute Gasteiger partial charge is 0.258 e. The second kappa shape index (κ2) is 8.70. The molecule has 0 aliphatic carbocycles. The van der Waals surface area contributed by atoms with E-state index in [0.717, 1.165) is 37.8 Å². The molecule has 0 spiro atoms. The molecule has 9 heteroatoms. The molecular formula is C22H26ClN5O3. The number of carbonyl (C=O) groups is 2. The maximum atomic E-state index is 13.0. The van der Waals surface area contributed by atoms with Crippen LogP contribution in [0.4, 0.5) is 17.5 Å². The van der Waals surface area contributed by atoms with Crippen LogP contribution in [0.15, 0.2) is 23.0 Å². The van der Waals surface area contributed by atoms with Crippen molar-refractivity contribution in [2.45, 2.75) is 57.9 Å². The highest BCUT2D eigenvalue weighted by molar-refractivity contribution is 6.33. The summed E-state index contributed by atoms with van der Waals surface area (Å²) in [5.74, 6) is -1.16. The topological polar surface area (TPSA) is 107 Å². The van der Waals surface area contributed by atoms with Crippen LogP contribution in [0.5, 0.6) is 0 Å². The first-order valence-corrected chi connectivity index (χ1v) is 11.0. The van der Waals surface area contributed by atoms with Crippen molar-refractivity contribution < 1.29 is 9.59 Å². The third kappa shape index (κ3) is 4.30. The van der Waals surface area contributed by atoms with Gasteiger partial charge in [0.15, 0.2) is 0 Å². The van der Waals surface area contributed by atoms with E-state index in [0.29, 0.717) is 16.7 Å². The van der Waals surface area contributed by atoms with Gasteiger partial charge >= 0.3 is 0 Å². The lowest BCUT2D eigenvalue weighted by atomic mass is 9.92. The van der Waals surface area contributed by atoms with Crippen molar-refractivity contribution in [3.05, 3.63) is 44.7 Å².